The van der Waals surface area contributed by atoms with Crippen LogP contribution in [0, 0.1) is 0 Å². The van der Waals surface area contributed by atoms with E-state index in [9.17, 15) is 4.79 Å². The highest BCUT2D eigenvalue weighted by molar-refractivity contribution is 5.94. The van der Waals surface area contributed by atoms with Crippen LogP contribution in [0.25, 0.3) is 0 Å². The highest BCUT2D eigenvalue weighted by Gasteiger charge is 1.98. The molecule has 0 saturated carbocycles. The van der Waals surface area contributed by atoms with Gasteiger partial charge in [0.15, 0.2) is 5.78 Å². The first-order chi connectivity index (χ1) is 5.24. The molecule has 0 spiro atoms. The highest BCUT2D eigenvalue weighted by atomic mass is 16.1. The van der Waals surface area contributed by atoms with Crippen molar-refractivity contribution in [3.05, 3.63) is 23.9 Å². The summed E-state index contributed by atoms with van der Waals surface area (Å²) in [7, 11) is 1.77. The number of Topliss-reactive ketones (excluding diaryl/α,β-unsaturated/α-hetero) is 1. The van der Waals surface area contributed by atoms with Gasteiger partial charge in [0.05, 0.1) is 0 Å². The van der Waals surface area contributed by atoms with E-state index in [-0.39, 0.29) is 5.78 Å². The molecule has 0 fully saturated rings. The first kappa shape index (κ1) is 7.72. The molecule has 1 aromatic rings. The van der Waals surface area contributed by atoms with Crippen molar-refractivity contribution in [1.82, 2.24) is 4.98 Å². The largest absolute Gasteiger partial charge is 0.373 e. The molecular formula is C8H10N2O. The number of anilines is 1. The molecule has 1 rings (SSSR count). The van der Waals surface area contributed by atoms with Crippen LogP contribution in [0.5, 0.6) is 0 Å². The maximum Gasteiger partial charge on any atom is 0.159 e. The van der Waals surface area contributed by atoms with E-state index in [0.29, 0.717) is 5.56 Å². The number of carbonyl (C=O) groups is 1. The summed E-state index contributed by atoms with van der Waals surface area (Å²) < 4.78 is 0. The van der Waals surface area contributed by atoms with Crippen LogP contribution in [-0.2, 0) is 0 Å². The van der Waals surface area contributed by atoms with Crippen LogP contribution in [0.15, 0.2) is 18.3 Å². The number of pyridine rings is 1. The van der Waals surface area contributed by atoms with E-state index in [1.807, 2.05) is 0 Å². The lowest BCUT2D eigenvalue weighted by molar-refractivity contribution is 0.101. The molecule has 0 bridgehead atoms. The monoisotopic (exact) mass is 150 g/mol. The van der Waals surface area contributed by atoms with Crippen LogP contribution in [0.3, 0.4) is 0 Å². The summed E-state index contributed by atoms with van der Waals surface area (Å²) in [4.78, 5) is 14.8. The van der Waals surface area contributed by atoms with Gasteiger partial charge < -0.3 is 5.32 Å². The van der Waals surface area contributed by atoms with E-state index in [4.69, 9.17) is 0 Å². The molecule has 1 aromatic heterocycles. The Morgan fingerprint density at radius 2 is 2.36 bits per heavy atom. The first-order valence-electron chi connectivity index (χ1n) is 3.39. The maximum absolute atomic E-state index is 10.9. The molecule has 0 saturated heterocycles. The van der Waals surface area contributed by atoms with E-state index in [0.717, 1.165) is 5.82 Å². The van der Waals surface area contributed by atoms with Gasteiger partial charge in [-0.1, -0.05) is 0 Å². The summed E-state index contributed by atoms with van der Waals surface area (Å²) in [6.07, 6.45) is 1.61. The predicted octanol–water partition coefficient (Wildman–Crippen LogP) is 1.33. The Balaban J connectivity index is 3.01. The van der Waals surface area contributed by atoms with E-state index >= 15 is 0 Å². The van der Waals surface area contributed by atoms with Crippen molar-refractivity contribution in [3.8, 4) is 0 Å². The van der Waals surface area contributed by atoms with Gasteiger partial charge in [0.2, 0.25) is 0 Å². The standard InChI is InChI=1S/C8H10N2O/c1-6(11)7-3-4-10-8(5-7)9-2/h3-5H,1-2H3,(H,9,10). The first-order valence-corrected chi connectivity index (χ1v) is 3.39. The van der Waals surface area contributed by atoms with Gasteiger partial charge in [-0.15, -0.1) is 0 Å². The van der Waals surface area contributed by atoms with E-state index in [1.54, 1.807) is 25.4 Å². The SMILES string of the molecule is CNc1cc(C(C)=O)ccn1. The minimum atomic E-state index is 0.0592. The van der Waals surface area contributed by atoms with Crippen molar-refractivity contribution in [2.45, 2.75) is 6.92 Å². The topological polar surface area (TPSA) is 42.0 Å². The third kappa shape index (κ3) is 1.77. The number of nitrogens with one attached hydrogen (secondary N) is 1. The smallest absolute Gasteiger partial charge is 0.159 e. The molecule has 0 unspecified atom stereocenters. The molecular weight excluding hydrogens is 140 g/mol. The fourth-order valence-electron chi connectivity index (χ4n) is 0.786. The second-order valence-corrected chi connectivity index (χ2v) is 2.24. The number of carbonyl (C=O) groups excluding carboxylic acids is 1. The van der Waals surface area contributed by atoms with Gasteiger partial charge in [0.1, 0.15) is 5.82 Å². The zero-order chi connectivity index (χ0) is 8.27. The number of ketones is 1. The fraction of sp³-hybridized carbons (Fsp3) is 0.250. The molecule has 11 heavy (non-hydrogen) atoms. The summed E-state index contributed by atoms with van der Waals surface area (Å²) >= 11 is 0. The third-order valence-corrected chi connectivity index (χ3v) is 1.42. The lowest BCUT2D eigenvalue weighted by atomic mass is 10.2. The Morgan fingerprint density at radius 3 is 2.91 bits per heavy atom. The number of nitrogens with zero attached hydrogens (tertiary/aromatic N) is 1. The van der Waals surface area contributed by atoms with Crippen molar-refractivity contribution in [3.63, 3.8) is 0 Å². The second kappa shape index (κ2) is 3.14. The Kier molecular flexibility index (Phi) is 2.21. The van der Waals surface area contributed by atoms with Crippen LogP contribution in [0.2, 0.25) is 0 Å². The molecule has 1 heterocycles. The number of aromatic nitrogens is 1. The summed E-state index contributed by atoms with van der Waals surface area (Å²) in [6, 6.07) is 3.42. The van der Waals surface area contributed by atoms with Crippen molar-refractivity contribution >= 4 is 11.6 Å². The second-order valence-electron chi connectivity index (χ2n) is 2.24. The zero-order valence-corrected chi connectivity index (χ0v) is 6.59. The number of hydrogen-bond donors (Lipinski definition) is 1. The van der Waals surface area contributed by atoms with Gasteiger partial charge >= 0.3 is 0 Å². The van der Waals surface area contributed by atoms with Crippen LogP contribution in [0.1, 0.15) is 17.3 Å². The summed E-state index contributed by atoms with van der Waals surface area (Å²) in [6.45, 7) is 1.54. The minimum absolute atomic E-state index is 0.0592. The van der Waals surface area contributed by atoms with Gasteiger partial charge in [-0.3, -0.25) is 4.79 Å². The van der Waals surface area contributed by atoms with Crippen LogP contribution in [-0.4, -0.2) is 17.8 Å². The fourth-order valence-corrected chi connectivity index (χ4v) is 0.786. The Bertz CT molecular complexity index is 271. The summed E-state index contributed by atoms with van der Waals surface area (Å²) in [5.74, 6) is 0.779. The molecule has 3 nitrogen and oxygen atoms in total. The molecule has 0 aliphatic heterocycles. The van der Waals surface area contributed by atoms with E-state index < -0.39 is 0 Å². The van der Waals surface area contributed by atoms with Crippen molar-refractivity contribution in [2.24, 2.45) is 0 Å². The van der Waals surface area contributed by atoms with Crippen molar-refractivity contribution in [2.75, 3.05) is 12.4 Å². The molecule has 0 radical (unpaired) electrons. The van der Waals surface area contributed by atoms with Gasteiger partial charge in [-0.25, -0.2) is 4.98 Å². The lowest BCUT2D eigenvalue weighted by Crippen LogP contribution is -1.96. The molecule has 0 atom stereocenters. The minimum Gasteiger partial charge on any atom is -0.373 e. The average molecular weight is 150 g/mol. The Morgan fingerprint density at radius 1 is 1.64 bits per heavy atom. The quantitative estimate of drug-likeness (QED) is 0.646. The van der Waals surface area contributed by atoms with Gasteiger partial charge in [-0.05, 0) is 19.1 Å². The zero-order valence-electron chi connectivity index (χ0n) is 6.59. The van der Waals surface area contributed by atoms with Crippen LogP contribution < -0.4 is 5.32 Å². The third-order valence-electron chi connectivity index (χ3n) is 1.42. The van der Waals surface area contributed by atoms with Crippen molar-refractivity contribution < 1.29 is 4.79 Å². The van der Waals surface area contributed by atoms with Gasteiger partial charge in [-0.2, -0.15) is 0 Å². The van der Waals surface area contributed by atoms with Gasteiger partial charge in [0, 0.05) is 18.8 Å². The predicted molar refractivity (Wildman–Crippen MR) is 43.8 cm³/mol. The van der Waals surface area contributed by atoms with Crippen LogP contribution in [0.4, 0.5) is 5.82 Å². The molecule has 0 aliphatic carbocycles. The number of rotatable bonds is 2. The van der Waals surface area contributed by atoms with E-state index in [2.05, 4.69) is 10.3 Å². The lowest BCUT2D eigenvalue weighted by Gasteiger charge is -1.99. The molecule has 3 heteroatoms. The van der Waals surface area contributed by atoms with Crippen molar-refractivity contribution in [1.29, 1.82) is 0 Å². The Labute approximate surface area is 65.5 Å². The molecule has 0 amide bonds. The van der Waals surface area contributed by atoms with E-state index in [1.165, 1.54) is 6.92 Å². The molecule has 0 aliphatic rings. The maximum atomic E-state index is 10.9. The molecule has 1 N–H and O–H groups in total. The summed E-state index contributed by atoms with van der Waals surface area (Å²) in [5.41, 5.74) is 0.685. The average Bonchev–Trinajstić information content (AvgIpc) is 2.05. The normalized spacial score (nSPS) is 9.27. The van der Waals surface area contributed by atoms with Gasteiger partial charge in [0.25, 0.3) is 0 Å². The molecule has 0 aromatic carbocycles. The summed E-state index contributed by atoms with van der Waals surface area (Å²) in [5, 5.41) is 2.86. The highest BCUT2D eigenvalue weighted by Crippen LogP contribution is 2.05. The van der Waals surface area contributed by atoms with Crippen LogP contribution >= 0.6 is 0 Å². The molecule has 58 valence electrons. The number of hydrogen-bond acceptors (Lipinski definition) is 3. The Hall–Kier alpha value is -1.38.